The molecule has 1 aromatic carbocycles. The molecule has 1 N–H and O–H groups in total. The van der Waals surface area contributed by atoms with Gasteiger partial charge in [0.15, 0.2) is 5.16 Å². The monoisotopic (exact) mass is 299 g/mol. The van der Waals surface area contributed by atoms with Crippen LogP contribution >= 0.6 is 11.8 Å². The van der Waals surface area contributed by atoms with Gasteiger partial charge in [0.05, 0.1) is 5.52 Å². The van der Waals surface area contributed by atoms with Gasteiger partial charge in [-0.3, -0.25) is 9.36 Å². The lowest BCUT2D eigenvalue weighted by atomic mass is 10.2. The zero-order valence-electron chi connectivity index (χ0n) is 12.3. The van der Waals surface area contributed by atoms with Gasteiger partial charge in [-0.25, -0.2) is 4.98 Å². The molecular weight excluding hydrogens is 282 g/mol. The van der Waals surface area contributed by atoms with Gasteiger partial charge in [-0.05, 0) is 25.5 Å². The van der Waals surface area contributed by atoms with Crippen molar-refractivity contribution < 1.29 is 0 Å². The maximum absolute atomic E-state index is 12.3. The Labute approximate surface area is 127 Å². The number of H-pyrrole nitrogens is 1. The number of nitrogens with one attached hydrogen (secondary N) is 1. The molecule has 0 radical (unpaired) electrons. The van der Waals surface area contributed by atoms with Crippen LogP contribution in [-0.4, -0.2) is 14.5 Å². The second-order valence-electron chi connectivity index (χ2n) is 5.25. The molecule has 21 heavy (non-hydrogen) atoms. The fraction of sp³-hybridized carbons (Fsp3) is 0.250. The van der Waals surface area contributed by atoms with Crippen LogP contribution in [-0.2, 0) is 12.8 Å². The van der Waals surface area contributed by atoms with Crippen LogP contribution in [0.25, 0.3) is 11.0 Å². The first-order chi connectivity index (χ1) is 10.0. The van der Waals surface area contributed by atoms with Gasteiger partial charge < -0.3 is 4.98 Å². The van der Waals surface area contributed by atoms with Gasteiger partial charge in [-0.15, -0.1) is 0 Å². The molecule has 0 saturated carbocycles. The minimum Gasteiger partial charge on any atom is -0.353 e. The average molecular weight is 299 g/mol. The van der Waals surface area contributed by atoms with Gasteiger partial charge in [0.2, 0.25) is 0 Å². The van der Waals surface area contributed by atoms with Crippen molar-refractivity contribution in [1.29, 1.82) is 0 Å². The third-order valence-electron chi connectivity index (χ3n) is 3.44. The number of nitrogens with zero attached hydrogens (tertiary/aromatic N) is 2. The summed E-state index contributed by atoms with van der Waals surface area (Å²) < 4.78 is 1.61. The predicted molar refractivity (Wildman–Crippen MR) is 86.8 cm³/mol. The van der Waals surface area contributed by atoms with E-state index in [1.807, 2.05) is 13.0 Å². The highest BCUT2D eigenvalue weighted by Gasteiger charge is 2.10. The molecule has 2 aromatic heterocycles. The van der Waals surface area contributed by atoms with Gasteiger partial charge in [-0.2, -0.15) is 0 Å². The van der Waals surface area contributed by atoms with Gasteiger partial charge >= 0.3 is 0 Å². The third-order valence-corrected chi connectivity index (χ3v) is 4.54. The van der Waals surface area contributed by atoms with Crippen molar-refractivity contribution in [1.82, 2.24) is 14.5 Å². The summed E-state index contributed by atoms with van der Waals surface area (Å²) in [5.74, 6) is 0.801. The first-order valence-corrected chi connectivity index (χ1v) is 7.78. The number of hydrogen-bond donors (Lipinski definition) is 1. The topological polar surface area (TPSA) is 50.7 Å². The second-order valence-corrected chi connectivity index (χ2v) is 6.19. The van der Waals surface area contributed by atoms with Crippen LogP contribution in [0.15, 0.2) is 40.3 Å². The van der Waals surface area contributed by atoms with Crippen LogP contribution in [0, 0.1) is 13.8 Å². The number of thioether (sulfide) groups is 1. The molecule has 0 bridgehead atoms. The standard InChI is InChI=1S/C16H17N3OS/c1-10-4-6-12(7-5-10)9-21-16-18-13-8-11(2)17-14(13)15(20)19(16)3/h4-8,17H,9H2,1-3H3. The Hall–Kier alpha value is -2.01. The fourth-order valence-electron chi connectivity index (χ4n) is 2.22. The number of aromatic nitrogens is 3. The molecule has 4 nitrogen and oxygen atoms in total. The largest absolute Gasteiger partial charge is 0.353 e. The number of aryl methyl sites for hydroxylation is 2. The summed E-state index contributed by atoms with van der Waals surface area (Å²) in [7, 11) is 1.77. The maximum atomic E-state index is 12.3. The van der Waals surface area contributed by atoms with E-state index in [0.717, 1.165) is 22.1 Å². The van der Waals surface area contributed by atoms with Crippen molar-refractivity contribution in [3.8, 4) is 0 Å². The Bertz CT molecular complexity index is 846. The molecule has 2 heterocycles. The quantitative estimate of drug-likeness (QED) is 0.597. The summed E-state index contributed by atoms with van der Waals surface area (Å²) in [5, 5.41) is 0.743. The minimum absolute atomic E-state index is 0.0282. The van der Waals surface area contributed by atoms with E-state index in [-0.39, 0.29) is 5.56 Å². The molecule has 0 atom stereocenters. The molecule has 0 amide bonds. The van der Waals surface area contributed by atoms with Gasteiger partial charge in [-0.1, -0.05) is 41.6 Å². The van der Waals surface area contributed by atoms with Crippen molar-refractivity contribution in [2.24, 2.45) is 7.05 Å². The maximum Gasteiger partial charge on any atom is 0.278 e. The molecule has 0 aliphatic carbocycles. The summed E-state index contributed by atoms with van der Waals surface area (Å²) in [6.07, 6.45) is 0. The van der Waals surface area contributed by atoms with Crippen molar-refractivity contribution in [3.63, 3.8) is 0 Å². The summed E-state index contributed by atoms with van der Waals surface area (Å²) >= 11 is 1.58. The third kappa shape index (κ3) is 2.74. The van der Waals surface area contributed by atoms with Gasteiger partial charge in [0, 0.05) is 18.5 Å². The highest BCUT2D eigenvalue weighted by molar-refractivity contribution is 7.98. The molecule has 3 aromatic rings. The first kappa shape index (κ1) is 13.9. The SMILES string of the molecule is Cc1ccc(CSc2nc3cc(C)[nH]c3c(=O)n2C)cc1. The molecule has 0 unspecified atom stereocenters. The molecular formula is C16H17N3OS. The number of rotatable bonds is 3. The second kappa shape index (κ2) is 5.41. The molecule has 108 valence electrons. The summed E-state index contributed by atoms with van der Waals surface area (Å²) in [5.41, 5.74) is 4.72. The number of fused-ring (bicyclic) bond motifs is 1. The lowest BCUT2D eigenvalue weighted by Crippen LogP contribution is -2.19. The Morgan fingerprint density at radius 1 is 1.24 bits per heavy atom. The fourth-order valence-corrected chi connectivity index (χ4v) is 3.15. The van der Waals surface area contributed by atoms with E-state index in [0.29, 0.717) is 5.52 Å². The first-order valence-electron chi connectivity index (χ1n) is 6.79. The van der Waals surface area contributed by atoms with E-state index in [4.69, 9.17) is 0 Å². The van der Waals surface area contributed by atoms with Crippen LogP contribution in [0.3, 0.4) is 0 Å². The molecule has 0 spiro atoms. The van der Waals surface area contributed by atoms with Crippen molar-refractivity contribution in [2.75, 3.05) is 0 Å². The summed E-state index contributed by atoms with van der Waals surface area (Å²) in [6, 6.07) is 10.3. The molecule has 0 aliphatic heterocycles. The van der Waals surface area contributed by atoms with E-state index in [2.05, 4.69) is 41.2 Å². The van der Waals surface area contributed by atoms with Crippen LogP contribution in [0.5, 0.6) is 0 Å². The van der Waals surface area contributed by atoms with Crippen LogP contribution < -0.4 is 5.56 Å². The minimum atomic E-state index is -0.0282. The Morgan fingerprint density at radius 3 is 2.67 bits per heavy atom. The van der Waals surface area contributed by atoms with E-state index in [1.54, 1.807) is 23.4 Å². The van der Waals surface area contributed by atoms with Crippen molar-refractivity contribution >= 4 is 22.8 Å². The Balaban J connectivity index is 1.91. The number of hydrogen-bond acceptors (Lipinski definition) is 3. The molecule has 5 heteroatoms. The summed E-state index contributed by atoms with van der Waals surface area (Å²) in [4.78, 5) is 20.0. The Morgan fingerprint density at radius 2 is 1.95 bits per heavy atom. The van der Waals surface area contributed by atoms with Gasteiger partial charge in [0.25, 0.3) is 5.56 Å². The number of benzene rings is 1. The van der Waals surface area contributed by atoms with Crippen molar-refractivity contribution in [3.05, 3.63) is 57.5 Å². The summed E-state index contributed by atoms with van der Waals surface area (Å²) in [6.45, 7) is 4.00. The smallest absolute Gasteiger partial charge is 0.278 e. The lowest BCUT2D eigenvalue weighted by Gasteiger charge is -2.07. The van der Waals surface area contributed by atoms with E-state index in [9.17, 15) is 4.79 Å². The normalized spacial score (nSPS) is 11.2. The van der Waals surface area contributed by atoms with Crippen LogP contribution in [0.4, 0.5) is 0 Å². The van der Waals surface area contributed by atoms with E-state index < -0.39 is 0 Å². The Kier molecular flexibility index (Phi) is 3.59. The van der Waals surface area contributed by atoms with E-state index in [1.165, 1.54) is 11.1 Å². The highest BCUT2D eigenvalue weighted by atomic mass is 32.2. The van der Waals surface area contributed by atoms with Crippen molar-refractivity contribution in [2.45, 2.75) is 24.8 Å². The van der Waals surface area contributed by atoms with Crippen LogP contribution in [0.1, 0.15) is 16.8 Å². The lowest BCUT2D eigenvalue weighted by molar-refractivity contribution is 0.725. The molecule has 0 fully saturated rings. The number of aromatic amines is 1. The average Bonchev–Trinajstić information content (AvgIpc) is 2.84. The van der Waals surface area contributed by atoms with Crippen LogP contribution in [0.2, 0.25) is 0 Å². The zero-order valence-corrected chi connectivity index (χ0v) is 13.1. The highest BCUT2D eigenvalue weighted by Crippen LogP contribution is 2.21. The molecule has 0 aliphatic rings. The van der Waals surface area contributed by atoms with E-state index >= 15 is 0 Å². The molecule has 3 rings (SSSR count). The zero-order chi connectivity index (χ0) is 15.0. The van der Waals surface area contributed by atoms with Gasteiger partial charge in [0.1, 0.15) is 5.52 Å². The predicted octanol–water partition coefficient (Wildman–Crippen LogP) is 3.17. The molecule has 0 saturated heterocycles.